The summed E-state index contributed by atoms with van der Waals surface area (Å²) < 4.78 is 1.72. The molecule has 1 fully saturated rings. The summed E-state index contributed by atoms with van der Waals surface area (Å²) in [4.78, 5) is 44.2. The van der Waals surface area contributed by atoms with Crippen molar-refractivity contribution >= 4 is 40.4 Å². The largest absolute Gasteiger partial charge is 0.370 e. The number of hydrogen-bond acceptors (Lipinski definition) is 5. The van der Waals surface area contributed by atoms with E-state index < -0.39 is 17.2 Å². The monoisotopic (exact) mass is 506 g/mol. The molecule has 5 rings (SSSR count). The quantitative estimate of drug-likeness (QED) is 0.376. The zero-order valence-electron chi connectivity index (χ0n) is 20.8. The van der Waals surface area contributed by atoms with Crippen LogP contribution in [-0.4, -0.2) is 34.3 Å². The predicted molar refractivity (Wildman–Crippen MR) is 143 cm³/mol. The molecule has 1 aliphatic carbocycles. The summed E-state index contributed by atoms with van der Waals surface area (Å²) >= 11 is 0. The number of primary amides is 1. The zero-order chi connectivity index (χ0) is 26.9. The minimum atomic E-state index is -0.508. The van der Waals surface area contributed by atoms with Crippen molar-refractivity contribution in [2.75, 3.05) is 17.3 Å². The second kappa shape index (κ2) is 9.82. The number of amides is 3. The smallest absolute Gasteiger partial charge is 0.257 e. The highest BCUT2D eigenvalue weighted by Gasteiger charge is 2.52. The molecule has 0 aliphatic heterocycles. The molecule has 0 atom stereocenters. The molecular weight excluding hydrogens is 480 g/mol. The molecule has 0 bridgehead atoms. The number of imidazole rings is 1. The van der Waals surface area contributed by atoms with Crippen molar-refractivity contribution in [2.45, 2.75) is 31.2 Å². The average Bonchev–Trinajstić information content (AvgIpc) is 3.68. The number of fused-ring (bicyclic) bond motifs is 1. The van der Waals surface area contributed by atoms with E-state index in [1.807, 2.05) is 48.5 Å². The van der Waals surface area contributed by atoms with Crippen LogP contribution in [0.1, 0.15) is 40.7 Å². The van der Waals surface area contributed by atoms with Crippen molar-refractivity contribution in [2.24, 2.45) is 5.73 Å². The summed E-state index contributed by atoms with van der Waals surface area (Å²) in [5.41, 5.74) is 8.62. The van der Waals surface area contributed by atoms with Gasteiger partial charge in [0.05, 0.1) is 28.1 Å². The molecule has 9 nitrogen and oxygen atoms in total. The van der Waals surface area contributed by atoms with Crippen LogP contribution in [0.3, 0.4) is 0 Å². The van der Waals surface area contributed by atoms with E-state index in [2.05, 4.69) is 10.3 Å². The molecule has 0 unspecified atom stereocenters. The van der Waals surface area contributed by atoms with Gasteiger partial charge < -0.3 is 15.2 Å². The molecule has 1 aromatic heterocycles. The molecule has 0 radical (unpaired) electrons. The molecule has 3 amide bonds. The molecule has 1 saturated carbocycles. The fourth-order valence-corrected chi connectivity index (χ4v) is 4.69. The van der Waals surface area contributed by atoms with Gasteiger partial charge in [0.2, 0.25) is 17.8 Å². The van der Waals surface area contributed by atoms with E-state index in [4.69, 9.17) is 11.0 Å². The van der Waals surface area contributed by atoms with E-state index >= 15 is 0 Å². The van der Waals surface area contributed by atoms with Crippen LogP contribution in [0, 0.1) is 11.3 Å². The molecular formula is C29H26N6O3. The van der Waals surface area contributed by atoms with Crippen LogP contribution in [0.4, 0.5) is 11.6 Å². The second-order valence-electron chi connectivity index (χ2n) is 9.43. The Kier molecular flexibility index (Phi) is 6.39. The maximum atomic E-state index is 13.5. The standard InChI is InChI=1S/C29H26N6O3/c1-34(27(38)29(14-15-29)21-5-3-2-4-6-21)22-11-12-24-23(17-22)32-28(35(24)16-13-25(31)36)33-26(37)20-9-7-19(18-30)8-10-20/h2-12,17H,13-16H2,1H3,(H2,31,36)(H,32,33,37). The van der Waals surface area contributed by atoms with Gasteiger partial charge in [0.1, 0.15) is 0 Å². The summed E-state index contributed by atoms with van der Waals surface area (Å²) in [7, 11) is 1.75. The van der Waals surface area contributed by atoms with Gasteiger partial charge in [-0.3, -0.25) is 19.7 Å². The highest BCUT2D eigenvalue weighted by molar-refractivity contribution is 6.05. The number of likely N-dealkylation sites (N-methyl/N-ethyl adjacent to an activating group) is 1. The lowest BCUT2D eigenvalue weighted by molar-refractivity contribution is -0.121. The number of carbonyl (C=O) groups is 3. The molecule has 3 aromatic carbocycles. The van der Waals surface area contributed by atoms with Gasteiger partial charge in [-0.25, -0.2) is 4.98 Å². The third-order valence-corrected chi connectivity index (χ3v) is 6.99. The van der Waals surface area contributed by atoms with E-state index in [0.29, 0.717) is 27.8 Å². The lowest BCUT2D eigenvalue weighted by Crippen LogP contribution is -2.36. The first-order valence-corrected chi connectivity index (χ1v) is 12.3. The summed E-state index contributed by atoms with van der Waals surface area (Å²) in [6, 6.07) is 23.5. The number of nitriles is 1. The van der Waals surface area contributed by atoms with Crippen LogP contribution in [0.15, 0.2) is 72.8 Å². The number of nitrogens with zero attached hydrogens (tertiary/aromatic N) is 4. The first kappa shape index (κ1) is 24.7. The number of rotatable bonds is 8. The van der Waals surface area contributed by atoms with Crippen LogP contribution in [0.2, 0.25) is 0 Å². The predicted octanol–water partition coefficient (Wildman–Crippen LogP) is 3.73. The van der Waals surface area contributed by atoms with E-state index in [1.54, 1.807) is 46.8 Å². The van der Waals surface area contributed by atoms with Crippen molar-refractivity contribution in [3.05, 3.63) is 89.5 Å². The zero-order valence-corrected chi connectivity index (χ0v) is 20.8. The molecule has 4 aromatic rings. The van der Waals surface area contributed by atoms with E-state index in [0.717, 1.165) is 18.4 Å². The normalized spacial score (nSPS) is 13.5. The number of hydrogen-bond donors (Lipinski definition) is 2. The second-order valence-corrected chi connectivity index (χ2v) is 9.43. The summed E-state index contributed by atoms with van der Waals surface area (Å²) in [6.07, 6.45) is 1.66. The van der Waals surface area contributed by atoms with Crippen molar-refractivity contribution in [3.63, 3.8) is 0 Å². The molecule has 0 saturated heterocycles. The minimum absolute atomic E-state index is 0.0190. The van der Waals surface area contributed by atoms with Gasteiger partial charge in [0.25, 0.3) is 5.91 Å². The maximum Gasteiger partial charge on any atom is 0.257 e. The molecule has 190 valence electrons. The first-order valence-electron chi connectivity index (χ1n) is 12.3. The Morgan fingerprint density at radius 2 is 1.79 bits per heavy atom. The number of aryl methyl sites for hydroxylation is 1. The van der Waals surface area contributed by atoms with Gasteiger partial charge in [-0.1, -0.05) is 30.3 Å². The summed E-state index contributed by atoms with van der Waals surface area (Å²) in [5.74, 6) is -0.611. The Labute approximate surface area is 219 Å². The first-order chi connectivity index (χ1) is 18.3. The topological polar surface area (TPSA) is 134 Å². The number of anilines is 2. The number of benzene rings is 3. The van der Waals surface area contributed by atoms with Crippen molar-refractivity contribution in [3.8, 4) is 6.07 Å². The SMILES string of the molecule is CN(C(=O)C1(c2ccccc2)CC1)c1ccc2c(c1)nc(NC(=O)c1ccc(C#N)cc1)n2CCC(N)=O. The summed E-state index contributed by atoms with van der Waals surface area (Å²) in [6.45, 7) is 0.222. The Hall–Kier alpha value is -4.97. The lowest BCUT2D eigenvalue weighted by Gasteiger charge is -2.24. The third-order valence-electron chi connectivity index (χ3n) is 6.99. The van der Waals surface area contributed by atoms with Gasteiger partial charge in [-0.2, -0.15) is 5.26 Å². The Morgan fingerprint density at radius 3 is 2.42 bits per heavy atom. The highest BCUT2D eigenvalue weighted by Crippen LogP contribution is 2.50. The molecule has 3 N–H and O–H groups in total. The minimum Gasteiger partial charge on any atom is -0.370 e. The third kappa shape index (κ3) is 4.60. The van der Waals surface area contributed by atoms with Crippen molar-refractivity contribution in [1.82, 2.24) is 9.55 Å². The van der Waals surface area contributed by atoms with Crippen molar-refractivity contribution < 1.29 is 14.4 Å². The molecule has 1 heterocycles. The number of nitrogens with two attached hydrogens (primary N) is 1. The summed E-state index contributed by atoms with van der Waals surface area (Å²) in [5, 5.41) is 11.8. The van der Waals surface area contributed by atoms with Crippen LogP contribution < -0.4 is 16.0 Å². The Bertz CT molecular complexity index is 1580. The number of nitrogens with one attached hydrogen (secondary N) is 1. The van der Waals surface area contributed by atoms with Crippen LogP contribution in [0.25, 0.3) is 11.0 Å². The van der Waals surface area contributed by atoms with E-state index in [-0.39, 0.29) is 24.8 Å². The van der Waals surface area contributed by atoms with Gasteiger partial charge in [0, 0.05) is 31.3 Å². The molecule has 1 aliphatic rings. The van der Waals surface area contributed by atoms with Gasteiger partial charge >= 0.3 is 0 Å². The van der Waals surface area contributed by atoms with E-state index in [9.17, 15) is 14.4 Å². The number of carbonyl (C=O) groups excluding carboxylic acids is 3. The van der Waals surface area contributed by atoms with Crippen molar-refractivity contribution in [1.29, 1.82) is 5.26 Å². The highest BCUT2D eigenvalue weighted by atomic mass is 16.2. The van der Waals surface area contributed by atoms with Crippen LogP contribution >= 0.6 is 0 Å². The Morgan fingerprint density at radius 1 is 1.08 bits per heavy atom. The average molecular weight is 507 g/mol. The number of aromatic nitrogens is 2. The van der Waals surface area contributed by atoms with E-state index in [1.165, 1.54) is 0 Å². The van der Waals surface area contributed by atoms with Gasteiger partial charge in [-0.15, -0.1) is 0 Å². The van der Waals surface area contributed by atoms with Crippen LogP contribution in [0.5, 0.6) is 0 Å². The molecule has 0 spiro atoms. The molecule has 9 heteroatoms. The fourth-order valence-electron chi connectivity index (χ4n) is 4.69. The van der Waals surface area contributed by atoms with Gasteiger partial charge in [0.15, 0.2) is 0 Å². The Balaban J connectivity index is 1.45. The molecule has 38 heavy (non-hydrogen) atoms. The fraction of sp³-hybridized carbons (Fsp3) is 0.207. The maximum absolute atomic E-state index is 13.5. The lowest BCUT2D eigenvalue weighted by atomic mass is 9.94. The van der Waals surface area contributed by atoms with Crippen LogP contribution in [-0.2, 0) is 21.5 Å². The van der Waals surface area contributed by atoms with Gasteiger partial charge in [-0.05, 0) is 60.9 Å².